The normalized spacial score (nSPS) is 6.20. The molecule has 0 aliphatic carbocycles. The summed E-state index contributed by atoms with van der Waals surface area (Å²) >= 11 is 0. The molecule has 10 heavy (non-hydrogen) atoms. The van der Waals surface area contributed by atoms with E-state index in [9.17, 15) is 0 Å². The van der Waals surface area contributed by atoms with Gasteiger partial charge in [0.25, 0.3) is 5.97 Å². The number of carboxylic acid groups (broad SMARTS) is 2. The maximum Gasteiger partial charge on any atom is 1.00 e. The third-order valence-corrected chi connectivity index (χ3v) is 0.129. The van der Waals surface area contributed by atoms with Crippen molar-refractivity contribution in [3.8, 4) is 0 Å². The van der Waals surface area contributed by atoms with E-state index < -0.39 is 18.5 Å². The van der Waals surface area contributed by atoms with E-state index in [1.807, 2.05) is 0 Å². The Hall–Kier alpha value is -0.100. The summed E-state index contributed by atoms with van der Waals surface area (Å²) in [6.45, 7) is 0.194. The molecule has 0 spiro atoms. The topological polar surface area (TPSA) is 97.7 Å². The minimum atomic E-state index is -1.44. The van der Waals surface area contributed by atoms with Crippen LogP contribution in [0.3, 0.4) is 0 Å². The van der Waals surface area contributed by atoms with Crippen LogP contribution in [0.4, 0.5) is 0 Å². The fourth-order valence-corrected chi connectivity index (χ4v) is 0. The number of aliphatic hydroxyl groups is 1. The van der Waals surface area contributed by atoms with Gasteiger partial charge in [0.1, 0.15) is 0 Å². The first-order valence-corrected chi connectivity index (χ1v) is 2.01. The van der Waals surface area contributed by atoms with Gasteiger partial charge in [-0.2, -0.15) is 0 Å². The van der Waals surface area contributed by atoms with E-state index in [-0.39, 0.29) is 29.6 Å². The van der Waals surface area contributed by atoms with Crippen LogP contribution < -0.4 is 34.7 Å². The molecule has 0 saturated carbocycles. The van der Waals surface area contributed by atoms with Crippen LogP contribution in [-0.4, -0.2) is 28.8 Å². The fraction of sp³-hybridized carbons (Fsp3) is 0.500. The van der Waals surface area contributed by atoms with E-state index in [4.69, 9.17) is 24.9 Å². The van der Waals surface area contributed by atoms with Gasteiger partial charge in [-0.05, 0) is 0 Å². The number of carbonyl (C=O) groups excluding carboxylic acids is 1. The second kappa shape index (κ2) is 11.7. The van der Waals surface area contributed by atoms with Crippen molar-refractivity contribution in [1.29, 1.82) is 0 Å². The van der Waals surface area contributed by atoms with E-state index >= 15 is 0 Å². The van der Waals surface area contributed by atoms with Gasteiger partial charge in [0.2, 0.25) is 0 Å². The van der Waals surface area contributed by atoms with Gasteiger partial charge in [-0.1, -0.05) is 0 Å². The Bertz CT molecular complexity index is 97.8. The Morgan fingerprint density at radius 1 is 1.50 bits per heavy atom. The van der Waals surface area contributed by atoms with Crippen LogP contribution in [0.25, 0.3) is 0 Å². The molecule has 0 radical (unpaired) electrons. The molecule has 0 fully saturated rings. The van der Waals surface area contributed by atoms with Crippen LogP contribution in [0.15, 0.2) is 0 Å². The number of aliphatic carboxylic acids is 2. The molecular weight excluding hydrogens is 151 g/mol. The van der Waals surface area contributed by atoms with Crippen molar-refractivity contribution in [3.63, 3.8) is 0 Å². The van der Waals surface area contributed by atoms with Crippen LogP contribution in [-0.2, 0) is 9.59 Å². The molecule has 0 saturated heterocycles. The predicted molar refractivity (Wildman–Crippen MR) is 25.4 cm³/mol. The Balaban J connectivity index is -0.0000000910. The van der Waals surface area contributed by atoms with Crippen LogP contribution >= 0.6 is 0 Å². The molecule has 0 heterocycles. The zero-order valence-electron chi connectivity index (χ0n) is 5.83. The van der Waals surface area contributed by atoms with Crippen LogP contribution in [0.1, 0.15) is 6.92 Å². The molecule has 0 bridgehead atoms. The monoisotopic (exact) mass is 158 g/mol. The van der Waals surface area contributed by atoms with Gasteiger partial charge in [0.05, 0.1) is 12.6 Å². The first-order chi connectivity index (χ1) is 4.00. The number of carbonyl (C=O) groups is 2. The summed E-state index contributed by atoms with van der Waals surface area (Å²) in [7, 11) is 0. The Labute approximate surface area is 80.0 Å². The smallest absolute Gasteiger partial charge is 0.548 e. The molecule has 2 N–H and O–H groups in total. The predicted octanol–water partition coefficient (Wildman–Crippen LogP) is -5.18. The van der Waals surface area contributed by atoms with E-state index in [0.717, 1.165) is 6.92 Å². The molecule has 0 amide bonds. The van der Waals surface area contributed by atoms with Gasteiger partial charge in [-0.15, -0.1) is 0 Å². The van der Waals surface area contributed by atoms with E-state index in [0.29, 0.717) is 0 Å². The number of aliphatic hydroxyl groups excluding tert-OH is 1. The van der Waals surface area contributed by atoms with Crippen molar-refractivity contribution in [3.05, 3.63) is 0 Å². The zero-order chi connectivity index (χ0) is 7.86. The van der Waals surface area contributed by atoms with E-state index in [1.54, 1.807) is 0 Å². The summed E-state index contributed by atoms with van der Waals surface area (Å²) in [5.41, 5.74) is 0. The number of rotatable bonds is 1. The molecule has 0 aromatic carbocycles. The molecule has 0 aromatic rings. The quantitative estimate of drug-likeness (QED) is 0.372. The number of hydrogen-bond donors (Lipinski definition) is 2. The van der Waals surface area contributed by atoms with Gasteiger partial charge in [0.15, 0.2) is 0 Å². The summed E-state index contributed by atoms with van der Waals surface area (Å²) in [6, 6.07) is 0. The SMILES string of the molecule is CC(=O)O.O=C([O-])CO.[Na+]. The summed E-state index contributed by atoms with van der Waals surface area (Å²) < 4.78 is 0. The average molecular weight is 158 g/mol. The summed E-state index contributed by atoms with van der Waals surface area (Å²) in [4.78, 5) is 18.0. The molecule has 5 nitrogen and oxygen atoms in total. The van der Waals surface area contributed by atoms with Crippen molar-refractivity contribution in [2.45, 2.75) is 6.92 Å². The minimum absolute atomic E-state index is 0. The Morgan fingerprint density at radius 3 is 1.60 bits per heavy atom. The molecular formula is C4H7NaO5. The molecule has 0 aliphatic rings. The van der Waals surface area contributed by atoms with Gasteiger partial charge in [-0.25, -0.2) is 0 Å². The first kappa shape index (κ1) is 16.5. The third-order valence-electron chi connectivity index (χ3n) is 0.129. The molecule has 54 valence electrons. The first-order valence-electron chi connectivity index (χ1n) is 2.01. The van der Waals surface area contributed by atoms with Crippen molar-refractivity contribution < 1.29 is 54.5 Å². The second-order valence-corrected chi connectivity index (χ2v) is 1.05. The molecule has 0 atom stereocenters. The van der Waals surface area contributed by atoms with Crippen LogP contribution in [0.5, 0.6) is 0 Å². The summed E-state index contributed by atoms with van der Waals surface area (Å²) in [5, 5.41) is 23.9. The van der Waals surface area contributed by atoms with Crippen molar-refractivity contribution in [2.75, 3.05) is 6.61 Å². The molecule has 0 rings (SSSR count). The minimum Gasteiger partial charge on any atom is -0.548 e. The maximum absolute atomic E-state index is 9.01. The van der Waals surface area contributed by atoms with Crippen molar-refractivity contribution in [2.24, 2.45) is 0 Å². The third kappa shape index (κ3) is 104. The Kier molecular flexibility index (Phi) is 19.2. The van der Waals surface area contributed by atoms with Crippen molar-refractivity contribution in [1.82, 2.24) is 0 Å². The number of carboxylic acids is 2. The molecule has 6 heteroatoms. The fourth-order valence-electron chi connectivity index (χ4n) is 0. The summed E-state index contributed by atoms with van der Waals surface area (Å²) in [5.74, 6) is -2.27. The zero-order valence-corrected chi connectivity index (χ0v) is 7.83. The van der Waals surface area contributed by atoms with E-state index in [1.165, 1.54) is 0 Å². The number of hydrogen-bond acceptors (Lipinski definition) is 4. The van der Waals surface area contributed by atoms with Crippen LogP contribution in [0.2, 0.25) is 0 Å². The second-order valence-electron chi connectivity index (χ2n) is 1.05. The largest absolute Gasteiger partial charge is 1.00 e. The van der Waals surface area contributed by atoms with Gasteiger partial charge < -0.3 is 20.1 Å². The van der Waals surface area contributed by atoms with Crippen molar-refractivity contribution >= 4 is 11.9 Å². The summed E-state index contributed by atoms with van der Waals surface area (Å²) in [6.07, 6.45) is 0. The van der Waals surface area contributed by atoms with E-state index in [2.05, 4.69) is 0 Å². The average Bonchev–Trinajstić information content (AvgIpc) is 1.65. The Morgan fingerprint density at radius 2 is 1.60 bits per heavy atom. The standard InChI is InChI=1S/C2H4O3.C2H4O2.Na/c3-1-2(4)5;1-2(3)4;/h3H,1H2,(H,4,5);1H3,(H,3,4);/q;;+1/p-1. The van der Waals surface area contributed by atoms with Gasteiger partial charge in [0, 0.05) is 6.92 Å². The van der Waals surface area contributed by atoms with Gasteiger partial charge >= 0.3 is 29.6 Å². The molecule has 0 aromatic heterocycles. The van der Waals surface area contributed by atoms with Gasteiger partial charge in [-0.3, -0.25) is 4.79 Å². The molecule has 0 aliphatic heterocycles. The molecule has 0 unspecified atom stereocenters. The van der Waals surface area contributed by atoms with Crippen LogP contribution in [0, 0.1) is 0 Å². The maximum atomic E-state index is 9.01.